The van der Waals surface area contributed by atoms with Crippen molar-refractivity contribution in [1.29, 1.82) is 0 Å². The van der Waals surface area contributed by atoms with Crippen molar-refractivity contribution < 1.29 is 14.7 Å². The maximum atomic E-state index is 11.7. The van der Waals surface area contributed by atoms with E-state index < -0.39 is 5.97 Å². The highest BCUT2D eigenvalue weighted by Crippen LogP contribution is 2.29. The molecule has 0 bridgehead atoms. The minimum absolute atomic E-state index is 0.274. The summed E-state index contributed by atoms with van der Waals surface area (Å²) in [6.45, 7) is 2.14. The van der Waals surface area contributed by atoms with Crippen LogP contribution in [-0.2, 0) is 17.6 Å². The van der Waals surface area contributed by atoms with Crippen LogP contribution in [0.3, 0.4) is 0 Å². The molecular formula is C14H21N3O3S. The number of thiazole rings is 1. The van der Waals surface area contributed by atoms with Gasteiger partial charge in [0.1, 0.15) is 0 Å². The molecular weight excluding hydrogens is 290 g/mol. The molecule has 1 heterocycles. The summed E-state index contributed by atoms with van der Waals surface area (Å²) in [5, 5.41) is 14.9. The monoisotopic (exact) mass is 311 g/mol. The van der Waals surface area contributed by atoms with Gasteiger partial charge in [-0.05, 0) is 38.5 Å². The van der Waals surface area contributed by atoms with Crippen molar-refractivity contribution in [3.63, 3.8) is 0 Å². The molecule has 0 aliphatic heterocycles. The Kier molecular flexibility index (Phi) is 5.55. The molecule has 0 fully saturated rings. The number of aromatic nitrogens is 1. The number of aliphatic carboxylic acids is 1. The van der Waals surface area contributed by atoms with E-state index >= 15 is 0 Å². The maximum Gasteiger partial charge on any atom is 0.321 e. The molecule has 1 unspecified atom stereocenters. The summed E-state index contributed by atoms with van der Waals surface area (Å²) in [7, 11) is 0. The smallest absolute Gasteiger partial charge is 0.321 e. The number of hydrogen-bond donors (Lipinski definition) is 3. The van der Waals surface area contributed by atoms with Crippen molar-refractivity contribution >= 4 is 28.5 Å². The molecule has 1 atom stereocenters. The predicted molar refractivity (Wildman–Crippen MR) is 81.8 cm³/mol. The molecule has 2 amide bonds. The van der Waals surface area contributed by atoms with E-state index in [4.69, 9.17) is 5.11 Å². The van der Waals surface area contributed by atoms with Crippen LogP contribution >= 0.6 is 11.3 Å². The highest BCUT2D eigenvalue weighted by Gasteiger charge is 2.16. The maximum absolute atomic E-state index is 11.7. The SMILES string of the molecule is CC(CCCNC(=O)Nc1nc2c(s1)CCCC2)C(=O)O. The van der Waals surface area contributed by atoms with Gasteiger partial charge in [0.25, 0.3) is 0 Å². The Morgan fingerprint density at radius 3 is 2.86 bits per heavy atom. The molecule has 0 aromatic carbocycles. The largest absolute Gasteiger partial charge is 0.481 e. The summed E-state index contributed by atoms with van der Waals surface area (Å²) in [5.41, 5.74) is 1.12. The molecule has 21 heavy (non-hydrogen) atoms. The third kappa shape index (κ3) is 4.70. The fraction of sp³-hybridized carbons (Fsp3) is 0.643. The second-order valence-corrected chi connectivity index (χ2v) is 6.44. The van der Waals surface area contributed by atoms with Gasteiger partial charge >= 0.3 is 12.0 Å². The van der Waals surface area contributed by atoms with Crippen LogP contribution in [0.1, 0.15) is 43.2 Å². The number of nitrogens with one attached hydrogen (secondary N) is 2. The second kappa shape index (κ2) is 7.40. The Bertz CT molecular complexity index is 492. The molecule has 0 saturated heterocycles. The highest BCUT2D eigenvalue weighted by atomic mass is 32.1. The number of fused-ring (bicyclic) bond motifs is 1. The zero-order chi connectivity index (χ0) is 15.2. The molecule has 1 aliphatic rings. The van der Waals surface area contributed by atoms with Gasteiger partial charge in [-0.3, -0.25) is 10.1 Å². The lowest BCUT2D eigenvalue weighted by atomic mass is 10.0. The van der Waals surface area contributed by atoms with Gasteiger partial charge in [0.05, 0.1) is 11.6 Å². The van der Waals surface area contributed by atoms with E-state index in [0.717, 1.165) is 18.5 Å². The van der Waals surface area contributed by atoms with Gasteiger partial charge in [0.15, 0.2) is 5.13 Å². The third-order valence-electron chi connectivity index (χ3n) is 3.59. The topological polar surface area (TPSA) is 91.3 Å². The molecule has 6 nitrogen and oxygen atoms in total. The minimum atomic E-state index is -0.798. The minimum Gasteiger partial charge on any atom is -0.481 e. The van der Waals surface area contributed by atoms with Gasteiger partial charge in [0.2, 0.25) is 0 Å². The average Bonchev–Trinajstić information content (AvgIpc) is 2.85. The van der Waals surface area contributed by atoms with Gasteiger partial charge in [0, 0.05) is 11.4 Å². The average molecular weight is 311 g/mol. The number of carboxylic acids is 1. The van der Waals surface area contributed by atoms with E-state index in [-0.39, 0.29) is 11.9 Å². The molecule has 0 saturated carbocycles. The van der Waals surface area contributed by atoms with Crippen molar-refractivity contribution in [2.75, 3.05) is 11.9 Å². The van der Waals surface area contributed by atoms with Crippen molar-refractivity contribution in [1.82, 2.24) is 10.3 Å². The predicted octanol–water partition coefficient (Wildman–Crippen LogP) is 2.64. The number of hydrogen-bond acceptors (Lipinski definition) is 4. The lowest BCUT2D eigenvalue weighted by Gasteiger charge is -2.07. The third-order valence-corrected chi connectivity index (χ3v) is 4.66. The number of urea groups is 1. The fourth-order valence-corrected chi connectivity index (χ4v) is 3.33. The van der Waals surface area contributed by atoms with Gasteiger partial charge in [-0.15, -0.1) is 11.3 Å². The normalized spacial score (nSPS) is 15.1. The van der Waals surface area contributed by atoms with Crippen molar-refractivity contribution in [2.24, 2.45) is 5.92 Å². The lowest BCUT2D eigenvalue weighted by Crippen LogP contribution is -2.29. The van der Waals surface area contributed by atoms with Gasteiger partial charge < -0.3 is 10.4 Å². The number of anilines is 1. The lowest BCUT2D eigenvalue weighted by molar-refractivity contribution is -0.141. The zero-order valence-electron chi connectivity index (χ0n) is 12.1. The van der Waals surface area contributed by atoms with Gasteiger partial charge in [-0.2, -0.15) is 0 Å². The summed E-state index contributed by atoms with van der Waals surface area (Å²) in [5.74, 6) is -1.17. The Morgan fingerprint density at radius 2 is 2.14 bits per heavy atom. The first-order chi connectivity index (χ1) is 10.1. The zero-order valence-corrected chi connectivity index (χ0v) is 13.0. The van der Waals surface area contributed by atoms with E-state index in [1.165, 1.54) is 17.7 Å². The van der Waals surface area contributed by atoms with Gasteiger partial charge in [-0.1, -0.05) is 6.92 Å². The summed E-state index contributed by atoms with van der Waals surface area (Å²) in [6.07, 6.45) is 5.63. The van der Waals surface area contributed by atoms with Crippen LogP contribution in [0.2, 0.25) is 0 Å². The number of rotatable bonds is 6. The van der Waals surface area contributed by atoms with E-state index in [1.54, 1.807) is 18.3 Å². The van der Waals surface area contributed by atoms with Crippen LogP contribution in [0.25, 0.3) is 0 Å². The van der Waals surface area contributed by atoms with E-state index in [9.17, 15) is 9.59 Å². The molecule has 0 radical (unpaired) electrons. The van der Waals surface area contributed by atoms with Crippen LogP contribution in [-0.4, -0.2) is 28.6 Å². The molecule has 1 aromatic heterocycles. The summed E-state index contributed by atoms with van der Waals surface area (Å²) in [4.78, 5) is 28.1. The Labute approximate surface area is 128 Å². The Balaban J connectivity index is 1.70. The second-order valence-electron chi connectivity index (χ2n) is 5.36. The number of carbonyl (C=O) groups excluding carboxylic acids is 1. The number of carboxylic acid groups (broad SMARTS) is 1. The molecule has 3 N–H and O–H groups in total. The van der Waals surface area contributed by atoms with Crippen LogP contribution in [0, 0.1) is 5.92 Å². The molecule has 116 valence electrons. The van der Waals surface area contributed by atoms with E-state index in [2.05, 4.69) is 15.6 Å². The molecule has 7 heteroatoms. The first-order valence-electron chi connectivity index (χ1n) is 7.32. The number of nitrogens with zero attached hydrogens (tertiary/aromatic N) is 1. The van der Waals surface area contributed by atoms with Crippen LogP contribution < -0.4 is 10.6 Å². The first kappa shape index (κ1) is 15.8. The van der Waals surface area contributed by atoms with E-state index in [1.807, 2.05) is 0 Å². The quantitative estimate of drug-likeness (QED) is 0.704. The molecule has 2 rings (SSSR count). The standard InChI is InChI=1S/C14H21N3O3S/c1-9(12(18)19)5-4-8-15-13(20)17-14-16-10-6-2-3-7-11(10)21-14/h9H,2-8H2,1H3,(H,18,19)(H2,15,16,17,20). The number of aryl methyl sites for hydroxylation is 2. The first-order valence-corrected chi connectivity index (χ1v) is 8.14. The van der Waals surface area contributed by atoms with Crippen molar-refractivity contribution in [3.8, 4) is 0 Å². The van der Waals surface area contributed by atoms with Crippen molar-refractivity contribution in [3.05, 3.63) is 10.6 Å². The summed E-state index contributed by atoms with van der Waals surface area (Å²) < 4.78 is 0. The molecule has 1 aromatic rings. The summed E-state index contributed by atoms with van der Waals surface area (Å²) in [6, 6.07) is -0.274. The van der Waals surface area contributed by atoms with Gasteiger partial charge in [-0.25, -0.2) is 9.78 Å². The van der Waals surface area contributed by atoms with E-state index in [0.29, 0.717) is 24.5 Å². The Hall–Kier alpha value is -1.63. The van der Waals surface area contributed by atoms with Crippen LogP contribution in [0.15, 0.2) is 0 Å². The van der Waals surface area contributed by atoms with Crippen LogP contribution in [0.4, 0.5) is 9.93 Å². The van der Waals surface area contributed by atoms with Crippen LogP contribution in [0.5, 0.6) is 0 Å². The molecule has 0 spiro atoms. The summed E-state index contributed by atoms with van der Waals surface area (Å²) >= 11 is 1.55. The highest BCUT2D eigenvalue weighted by molar-refractivity contribution is 7.15. The fourth-order valence-electron chi connectivity index (χ4n) is 2.28. The molecule has 1 aliphatic carbocycles. The number of carbonyl (C=O) groups is 2. The number of amides is 2. The Morgan fingerprint density at radius 1 is 1.38 bits per heavy atom. The van der Waals surface area contributed by atoms with Crippen molar-refractivity contribution in [2.45, 2.75) is 45.4 Å².